The molecule has 0 atom stereocenters. The Morgan fingerprint density at radius 2 is 1.12 bits per heavy atom. The second-order valence-corrected chi connectivity index (χ2v) is 6.07. The van der Waals surface area contributed by atoms with Crippen LogP contribution in [0.3, 0.4) is 0 Å². The van der Waals surface area contributed by atoms with Gasteiger partial charge in [0, 0.05) is 16.8 Å². The van der Waals surface area contributed by atoms with Gasteiger partial charge in [0.1, 0.15) is 0 Å². The molecule has 0 radical (unpaired) electrons. The Kier molecular flexibility index (Phi) is 4.35. The Labute approximate surface area is 153 Å². The number of nitrogens with zero attached hydrogens (tertiary/aromatic N) is 1. The maximum atomic E-state index is 6.09. The van der Waals surface area contributed by atoms with Crippen LogP contribution in [0.1, 0.15) is 0 Å². The molecule has 0 unspecified atom stereocenters. The van der Waals surface area contributed by atoms with Gasteiger partial charge in [-0.15, -0.1) is 0 Å². The molecule has 0 aliphatic rings. The average molecular weight is 337 g/mol. The minimum Gasteiger partial charge on any atom is -0.397 e. The zero-order chi connectivity index (χ0) is 17.8. The molecule has 0 saturated carbocycles. The van der Waals surface area contributed by atoms with Crippen LogP contribution in [0.5, 0.6) is 0 Å². The first-order valence-corrected chi connectivity index (χ1v) is 8.54. The van der Waals surface area contributed by atoms with Crippen molar-refractivity contribution in [1.82, 2.24) is 4.98 Å². The number of anilines is 3. The molecule has 0 fully saturated rings. The Morgan fingerprint density at radius 1 is 0.615 bits per heavy atom. The molecular weight excluding hydrogens is 318 g/mol. The van der Waals surface area contributed by atoms with Gasteiger partial charge >= 0.3 is 0 Å². The van der Waals surface area contributed by atoms with E-state index in [2.05, 4.69) is 29.6 Å². The number of nitrogens with one attached hydrogen (secondary N) is 1. The number of pyridine rings is 1. The third-order valence-electron chi connectivity index (χ3n) is 4.20. The van der Waals surface area contributed by atoms with Crippen LogP contribution in [0.2, 0.25) is 0 Å². The first-order chi connectivity index (χ1) is 12.8. The first-order valence-electron chi connectivity index (χ1n) is 8.54. The van der Waals surface area contributed by atoms with Crippen molar-refractivity contribution in [3.8, 4) is 22.5 Å². The number of aromatic nitrogens is 1. The van der Waals surface area contributed by atoms with E-state index in [-0.39, 0.29) is 0 Å². The molecule has 3 heteroatoms. The van der Waals surface area contributed by atoms with E-state index in [4.69, 9.17) is 10.7 Å². The number of hydrogen-bond donors (Lipinski definition) is 2. The zero-order valence-electron chi connectivity index (χ0n) is 14.3. The smallest absolute Gasteiger partial charge is 0.0730 e. The topological polar surface area (TPSA) is 50.9 Å². The molecule has 0 aliphatic heterocycles. The highest BCUT2D eigenvalue weighted by Crippen LogP contribution is 2.30. The summed E-state index contributed by atoms with van der Waals surface area (Å²) in [5, 5.41) is 3.43. The molecule has 0 aliphatic carbocycles. The van der Waals surface area contributed by atoms with Crippen molar-refractivity contribution in [2.75, 3.05) is 11.1 Å². The SMILES string of the molecule is Nc1ccccc1Nc1cc(-c2ccccc2)nc(-c2ccccc2)c1. The van der Waals surface area contributed by atoms with E-state index in [1.54, 1.807) is 0 Å². The van der Waals surface area contributed by atoms with E-state index >= 15 is 0 Å². The van der Waals surface area contributed by atoms with Crippen molar-refractivity contribution in [2.24, 2.45) is 0 Å². The minimum absolute atomic E-state index is 0.715. The van der Waals surface area contributed by atoms with E-state index in [1.807, 2.05) is 72.8 Å². The van der Waals surface area contributed by atoms with E-state index in [9.17, 15) is 0 Å². The van der Waals surface area contributed by atoms with E-state index < -0.39 is 0 Å². The maximum absolute atomic E-state index is 6.09. The Bertz CT molecular complexity index is 954. The van der Waals surface area contributed by atoms with Crippen molar-refractivity contribution in [3.05, 3.63) is 97.1 Å². The minimum atomic E-state index is 0.715. The van der Waals surface area contributed by atoms with Gasteiger partial charge in [-0.3, -0.25) is 0 Å². The Balaban J connectivity index is 1.82. The highest BCUT2D eigenvalue weighted by Gasteiger charge is 2.08. The predicted molar refractivity (Wildman–Crippen MR) is 109 cm³/mol. The van der Waals surface area contributed by atoms with Gasteiger partial charge in [0.05, 0.1) is 22.8 Å². The molecule has 1 aromatic heterocycles. The summed E-state index contributed by atoms with van der Waals surface area (Å²) in [6, 6.07) is 32.2. The maximum Gasteiger partial charge on any atom is 0.0730 e. The summed E-state index contributed by atoms with van der Waals surface area (Å²) < 4.78 is 0. The van der Waals surface area contributed by atoms with Crippen molar-refractivity contribution in [1.29, 1.82) is 0 Å². The van der Waals surface area contributed by atoms with Crippen molar-refractivity contribution in [2.45, 2.75) is 0 Å². The summed E-state index contributed by atoms with van der Waals surface area (Å²) in [7, 11) is 0. The summed E-state index contributed by atoms with van der Waals surface area (Å²) in [4.78, 5) is 4.87. The van der Waals surface area contributed by atoms with Gasteiger partial charge in [-0.2, -0.15) is 0 Å². The highest BCUT2D eigenvalue weighted by molar-refractivity contribution is 5.78. The fraction of sp³-hybridized carbons (Fsp3) is 0. The number of rotatable bonds is 4. The van der Waals surface area contributed by atoms with E-state index in [0.29, 0.717) is 5.69 Å². The van der Waals surface area contributed by atoms with E-state index in [0.717, 1.165) is 33.9 Å². The monoisotopic (exact) mass is 337 g/mol. The van der Waals surface area contributed by atoms with Gasteiger partial charge in [0.2, 0.25) is 0 Å². The molecule has 0 spiro atoms. The molecule has 3 aromatic carbocycles. The fourth-order valence-electron chi connectivity index (χ4n) is 2.88. The van der Waals surface area contributed by atoms with Crippen LogP contribution in [0.25, 0.3) is 22.5 Å². The number of nitrogen functional groups attached to an aromatic ring is 1. The van der Waals surface area contributed by atoms with Crippen LogP contribution in [0.4, 0.5) is 17.1 Å². The number of para-hydroxylation sites is 2. The summed E-state index contributed by atoms with van der Waals surface area (Å²) in [5.74, 6) is 0. The molecular formula is C23H19N3. The van der Waals surface area contributed by atoms with Gasteiger partial charge < -0.3 is 11.1 Å². The van der Waals surface area contributed by atoms with Crippen LogP contribution in [-0.4, -0.2) is 4.98 Å². The van der Waals surface area contributed by atoms with E-state index in [1.165, 1.54) is 0 Å². The fourth-order valence-corrected chi connectivity index (χ4v) is 2.88. The van der Waals surface area contributed by atoms with Gasteiger partial charge in [0.15, 0.2) is 0 Å². The van der Waals surface area contributed by atoms with Crippen LogP contribution in [0, 0.1) is 0 Å². The Hall–Kier alpha value is -3.59. The quantitative estimate of drug-likeness (QED) is 0.467. The molecule has 4 rings (SSSR count). The summed E-state index contributed by atoms with van der Waals surface area (Å²) in [6.45, 7) is 0. The van der Waals surface area contributed by atoms with Gasteiger partial charge in [-0.25, -0.2) is 4.98 Å². The van der Waals surface area contributed by atoms with Crippen LogP contribution in [-0.2, 0) is 0 Å². The molecule has 4 aromatic rings. The summed E-state index contributed by atoms with van der Waals surface area (Å²) in [6.07, 6.45) is 0. The largest absolute Gasteiger partial charge is 0.397 e. The van der Waals surface area contributed by atoms with Crippen molar-refractivity contribution >= 4 is 17.1 Å². The van der Waals surface area contributed by atoms with Gasteiger partial charge in [-0.05, 0) is 24.3 Å². The average Bonchev–Trinajstić information content (AvgIpc) is 2.71. The summed E-state index contributed by atoms with van der Waals surface area (Å²) >= 11 is 0. The molecule has 0 bridgehead atoms. The van der Waals surface area contributed by atoms with Crippen molar-refractivity contribution in [3.63, 3.8) is 0 Å². The van der Waals surface area contributed by atoms with Crippen LogP contribution >= 0.6 is 0 Å². The third-order valence-corrected chi connectivity index (χ3v) is 4.20. The summed E-state index contributed by atoms with van der Waals surface area (Å²) in [5.41, 5.74) is 12.6. The lowest BCUT2D eigenvalue weighted by Crippen LogP contribution is -1.98. The molecule has 26 heavy (non-hydrogen) atoms. The number of nitrogens with two attached hydrogens (primary N) is 1. The lowest BCUT2D eigenvalue weighted by atomic mass is 10.1. The normalized spacial score (nSPS) is 10.5. The molecule has 3 nitrogen and oxygen atoms in total. The zero-order valence-corrected chi connectivity index (χ0v) is 14.3. The van der Waals surface area contributed by atoms with Crippen molar-refractivity contribution < 1.29 is 0 Å². The molecule has 0 saturated heterocycles. The first kappa shape index (κ1) is 15.9. The molecule has 0 amide bonds. The van der Waals surface area contributed by atoms with Gasteiger partial charge in [-0.1, -0.05) is 72.8 Å². The number of benzene rings is 3. The second-order valence-electron chi connectivity index (χ2n) is 6.07. The lowest BCUT2D eigenvalue weighted by molar-refractivity contribution is 1.32. The second kappa shape index (κ2) is 7.11. The lowest BCUT2D eigenvalue weighted by Gasteiger charge is -2.13. The molecule has 126 valence electrons. The van der Waals surface area contributed by atoms with Crippen LogP contribution in [0.15, 0.2) is 97.1 Å². The highest BCUT2D eigenvalue weighted by atomic mass is 14.9. The molecule has 3 N–H and O–H groups in total. The van der Waals surface area contributed by atoms with Gasteiger partial charge in [0.25, 0.3) is 0 Å². The predicted octanol–water partition coefficient (Wildman–Crippen LogP) is 5.74. The van der Waals surface area contributed by atoms with Crippen LogP contribution < -0.4 is 11.1 Å². The Morgan fingerprint density at radius 3 is 1.65 bits per heavy atom. The number of hydrogen-bond acceptors (Lipinski definition) is 3. The molecule has 1 heterocycles. The standard InChI is InChI=1S/C23H19N3/c24-20-13-7-8-14-21(20)25-19-15-22(17-9-3-1-4-10-17)26-23(16-19)18-11-5-2-6-12-18/h1-16H,24H2,(H,25,26). The third kappa shape index (κ3) is 3.42.